The predicted molar refractivity (Wildman–Crippen MR) is 169 cm³/mol. The third-order valence-corrected chi connectivity index (χ3v) is 10.1. The van der Waals surface area contributed by atoms with Crippen molar-refractivity contribution in [3.8, 4) is 0 Å². The predicted octanol–water partition coefficient (Wildman–Crippen LogP) is 3.00. The molecule has 2 amide bonds. The number of amides is 2. The van der Waals surface area contributed by atoms with Gasteiger partial charge < -0.3 is 25.0 Å². The number of hydrogen-bond acceptors (Lipinski definition) is 10. The number of sulfonamides is 1. The zero-order valence-electron chi connectivity index (χ0n) is 25.3. The number of nitrogens with zero attached hydrogens (tertiary/aromatic N) is 4. The molecule has 1 aliphatic rings. The lowest BCUT2D eigenvalue weighted by atomic mass is 9.85. The van der Waals surface area contributed by atoms with E-state index >= 15 is 0 Å². The molecule has 12 nitrogen and oxygen atoms in total. The number of nitrogens with one attached hydrogen (secondary N) is 2. The average molecular weight is 661 g/mol. The number of fused-ring (bicyclic) bond motifs is 1. The summed E-state index contributed by atoms with van der Waals surface area (Å²) in [5.74, 6) is 0.209. The van der Waals surface area contributed by atoms with Gasteiger partial charge in [-0.25, -0.2) is 8.42 Å². The van der Waals surface area contributed by atoms with Crippen molar-refractivity contribution in [1.29, 1.82) is 0 Å². The van der Waals surface area contributed by atoms with Gasteiger partial charge in [0.1, 0.15) is 15.9 Å². The Bertz CT molecular complexity index is 1270. The molecule has 0 bridgehead atoms. The minimum Gasteiger partial charge on any atom is -0.379 e. The number of unbranched alkanes of at least 4 members (excludes halogenated alkanes) is 3. The Hall–Kier alpha value is -2.10. The standard InChI is InChI=1S/C28H45ClN6O6S2/c1-34(2)23-12-13-24(27-26(23)32-42-33-27)43(38,39)35(3)20-25(36)31-22-10-8-21(9-11-22)28(37)30-15-17-41-19-18-40-16-7-5-4-6-14-29/h12-13,21-22H,4-11,14-20H2,1-3H3,(H,30,37)(H,31,36). The van der Waals surface area contributed by atoms with Crippen molar-refractivity contribution in [2.24, 2.45) is 5.92 Å². The molecule has 1 aromatic heterocycles. The number of rotatable bonds is 19. The van der Waals surface area contributed by atoms with Gasteiger partial charge >= 0.3 is 0 Å². The molecule has 242 valence electrons. The van der Waals surface area contributed by atoms with Crippen LogP contribution in [0.3, 0.4) is 0 Å². The minimum absolute atomic E-state index is 0.00414. The van der Waals surface area contributed by atoms with Crippen LogP contribution in [0.5, 0.6) is 0 Å². The van der Waals surface area contributed by atoms with Gasteiger partial charge in [-0.15, -0.1) is 11.6 Å². The van der Waals surface area contributed by atoms with Crippen LogP contribution in [0, 0.1) is 5.92 Å². The fourth-order valence-corrected chi connectivity index (χ4v) is 7.06. The molecule has 15 heteroatoms. The lowest BCUT2D eigenvalue weighted by molar-refractivity contribution is -0.126. The first-order chi connectivity index (χ1) is 20.6. The highest BCUT2D eigenvalue weighted by atomic mass is 35.5. The molecule has 3 rings (SSSR count). The molecule has 0 unspecified atom stereocenters. The van der Waals surface area contributed by atoms with E-state index in [0.717, 1.165) is 54.0 Å². The van der Waals surface area contributed by atoms with Crippen molar-refractivity contribution in [3.63, 3.8) is 0 Å². The number of alkyl halides is 1. The van der Waals surface area contributed by atoms with Crippen LogP contribution in [-0.2, 0) is 29.1 Å². The lowest BCUT2D eigenvalue weighted by Crippen LogP contribution is -2.45. The van der Waals surface area contributed by atoms with Gasteiger partial charge in [-0.3, -0.25) is 9.59 Å². The highest BCUT2D eigenvalue weighted by Crippen LogP contribution is 2.31. The number of aromatic nitrogens is 2. The van der Waals surface area contributed by atoms with E-state index in [1.807, 2.05) is 19.0 Å². The highest BCUT2D eigenvalue weighted by molar-refractivity contribution is 7.89. The van der Waals surface area contributed by atoms with E-state index in [1.165, 1.54) is 13.1 Å². The SMILES string of the molecule is CN(C)c1ccc(S(=O)(=O)N(C)CC(=O)NC2CCC(C(=O)NCCOCCOCCCCCCCl)CC2)c2nsnc12. The van der Waals surface area contributed by atoms with Crippen LogP contribution in [0.25, 0.3) is 11.0 Å². The zero-order chi connectivity index (χ0) is 31.2. The molecule has 0 atom stereocenters. The first-order valence-corrected chi connectivity index (χ1v) is 17.5. The van der Waals surface area contributed by atoms with E-state index in [2.05, 4.69) is 19.4 Å². The molecule has 1 fully saturated rings. The number of halogens is 1. The summed E-state index contributed by atoms with van der Waals surface area (Å²) in [6.45, 7) is 2.30. The van der Waals surface area contributed by atoms with Gasteiger partial charge in [-0.1, -0.05) is 12.8 Å². The number of likely N-dealkylation sites (N-methyl/N-ethyl adjacent to an activating group) is 1. The summed E-state index contributed by atoms with van der Waals surface area (Å²) in [4.78, 5) is 27.2. The molecule has 0 spiro atoms. The molecule has 2 N–H and O–H groups in total. The Kier molecular flexibility index (Phi) is 14.8. The second-order valence-corrected chi connectivity index (χ2v) is 13.9. The topological polar surface area (TPSA) is 143 Å². The maximum Gasteiger partial charge on any atom is 0.245 e. The summed E-state index contributed by atoms with van der Waals surface area (Å²) in [5.41, 5.74) is 1.57. The van der Waals surface area contributed by atoms with E-state index in [9.17, 15) is 18.0 Å². The second-order valence-electron chi connectivity index (χ2n) is 10.9. The number of anilines is 1. The summed E-state index contributed by atoms with van der Waals surface area (Å²) in [7, 11) is 1.10. The summed E-state index contributed by atoms with van der Waals surface area (Å²) >= 11 is 6.61. The van der Waals surface area contributed by atoms with Gasteiger partial charge in [0.25, 0.3) is 0 Å². The highest BCUT2D eigenvalue weighted by Gasteiger charge is 2.30. The summed E-state index contributed by atoms with van der Waals surface area (Å²) < 4.78 is 47.2. The van der Waals surface area contributed by atoms with Gasteiger partial charge in [0, 0.05) is 52.1 Å². The smallest absolute Gasteiger partial charge is 0.245 e. The van der Waals surface area contributed by atoms with Crippen molar-refractivity contribution in [2.45, 2.75) is 62.3 Å². The Morgan fingerprint density at radius 3 is 2.33 bits per heavy atom. The van der Waals surface area contributed by atoms with Gasteiger partial charge in [-0.2, -0.15) is 13.1 Å². The molecular formula is C28H45ClN6O6S2. The number of carbonyl (C=O) groups excluding carboxylic acids is 2. The molecule has 0 aliphatic heterocycles. The van der Waals surface area contributed by atoms with E-state index in [4.69, 9.17) is 21.1 Å². The Morgan fingerprint density at radius 1 is 0.953 bits per heavy atom. The van der Waals surface area contributed by atoms with E-state index < -0.39 is 10.0 Å². The van der Waals surface area contributed by atoms with Gasteiger partial charge in [0.05, 0.1) is 43.8 Å². The van der Waals surface area contributed by atoms with Crippen molar-refractivity contribution in [3.05, 3.63) is 12.1 Å². The number of hydrogen-bond donors (Lipinski definition) is 2. The lowest BCUT2D eigenvalue weighted by Gasteiger charge is -2.29. The van der Waals surface area contributed by atoms with Crippen molar-refractivity contribution in [2.75, 3.05) is 71.4 Å². The molecule has 1 saturated carbocycles. The maximum absolute atomic E-state index is 13.3. The van der Waals surface area contributed by atoms with Crippen LogP contribution in [0.15, 0.2) is 17.0 Å². The van der Waals surface area contributed by atoms with Crippen LogP contribution in [-0.4, -0.2) is 106 Å². The fourth-order valence-electron chi connectivity index (χ4n) is 4.99. The van der Waals surface area contributed by atoms with Crippen LogP contribution in [0.4, 0.5) is 5.69 Å². The molecule has 1 aliphatic carbocycles. The average Bonchev–Trinajstić information content (AvgIpc) is 3.47. The van der Waals surface area contributed by atoms with Crippen LogP contribution >= 0.6 is 23.3 Å². The molecule has 0 saturated heterocycles. The molecule has 2 aromatic rings. The van der Waals surface area contributed by atoms with E-state index in [0.29, 0.717) is 69.0 Å². The van der Waals surface area contributed by atoms with Gasteiger partial charge in [-0.05, 0) is 50.7 Å². The number of benzene rings is 1. The molecule has 0 radical (unpaired) electrons. The van der Waals surface area contributed by atoms with Gasteiger partial charge in [0.15, 0.2) is 0 Å². The van der Waals surface area contributed by atoms with Crippen LogP contribution in [0.1, 0.15) is 51.4 Å². The van der Waals surface area contributed by atoms with Crippen molar-refractivity contribution in [1.82, 2.24) is 23.7 Å². The summed E-state index contributed by atoms with van der Waals surface area (Å²) in [5, 5.41) is 5.87. The third kappa shape index (κ3) is 10.8. The van der Waals surface area contributed by atoms with Crippen molar-refractivity contribution < 1.29 is 27.5 Å². The number of ether oxygens (including phenoxy) is 2. The molecule has 43 heavy (non-hydrogen) atoms. The van der Waals surface area contributed by atoms with Crippen LogP contribution < -0.4 is 15.5 Å². The molecule has 1 aromatic carbocycles. The minimum atomic E-state index is -3.97. The van der Waals surface area contributed by atoms with Gasteiger partial charge in [0.2, 0.25) is 21.8 Å². The van der Waals surface area contributed by atoms with Crippen LogP contribution in [0.2, 0.25) is 0 Å². The first-order valence-electron chi connectivity index (χ1n) is 14.8. The van der Waals surface area contributed by atoms with E-state index in [1.54, 1.807) is 6.07 Å². The Labute approximate surface area is 264 Å². The second kappa shape index (κ2) is 18.0. The molecular weight excluding hydrogens is 616 g/mol. The third-order valence-electron chi connectivity index (χ3n) is 7.45. The van der Waals surface area contributed by atoms with Crippen molar-refractivity contribution >= 4 is 61.9 Å². The Balaban J connectivity index is 1.32. The fraction of sp³-hybridized carbons (Fsp3) is 0.714. The monoisotopic (exact) mass is 660 g/mol. The zero-order valence-corrected chi connectivity index (χ0v) is 27.7. The maximum atomic E-state index is 13.3. The summed E-state index contributed by atoms with van der Waals surface area (Å²) in [6.07, 6.45) is 6.93. The normalized spacial score (nSPS) is 17.3. The first kappa shape index (κ1) is 35.4. The number of carbonyl (C=O) groups is 2. The Morgan fingerprint density at radius 2 is 1.63 bits per heavy atom. The molecule has 1 heterocycles. The van der Waals surface area contributed by atoms with E-state index in [-0.39, 0.29) is 35.2 Å². The quantitative estimate of drug-likeness (QED) is 0.172. The largest absolute Gasteiger partial charge is 0.379 e. The summed E-state index contributed by atoms with van der Waals surface area (Å²) in [6, 6.07) is 3.09.